The summed E-state index contributed by atoms with van der Waals surface area (Å²) in [6, 6.07) is 3.89. The van der Waals surface area contributed by atoms with E-state index < -0.39 is 0 Å². The molecule has 84 valence electrons. The lowest BCUT2D eigenvalue weighted by Gasteiger charge is -2.17. The maximum atomic E-state index is 5.33. The van der Waals surface area contributed by atoms with Gasteiger partial charge in [0.25, 0.3) is 0 Å². The van der Waals surface area contributed by atoms with E-state index in [-0.39, 0.29) is 0 Å². The lowest BCUT2D eigenvalue weighted by molar-refractivity contribution is 0.348. The largest absolute Gasteiger partial charge is 0.496 e. The van der Waals surface area contributed by atoms with Crippen molar-refractivity contribution in [3.05, 3.63) is 22.2 Å². The highest BCUT2D eigenvalue weighted by Crippen LogP contribution is 2.33. The third-order valence-electron chi connectivity index (χ3n) is 2.05. The van der Waals surface area contributed by atoms with E-state index in [0.29, 0.717) is 0 Å². The zero-order valence-electron chi connectivity index (χ0n) is 9.50. The maximum absolute atomic E-state index is 5.33. The predicted octanol–water partition coefficient (Wildman–Crippen LogP) is 2.53. The molecular weight excluding hydrogens is 258 g/mol. The van der Waals surface area contributed by atoms with Crippen LogP contribution in [-0.4, -0.2) is 33.2 Å². The first-order valence-corrected chi connectivity index (χ1v) is 5.43. The van der Waals surface area contributed by atoms with Gasteiger partial charge < -0.3 is 14.4 Å². The first-order chi connectivity index (χ1) is 7.08. The van der Waals surface area contributed by atoms with Gasteiger partial charge in [-0.25, -0.2) is 0 Å². The molecule has 0 N–H and O–H groups in total. The Hall–Kier alpha value is -0.740. The molecule has 0 heterocycles. The monoisotopic (exact) mass is 273 g/mol. The van der Waals surface area contributed by atoms with Crippen LogP contribution in [0.5, 0.6) is 11.5 Å². The molecule has 1 aromatic carbocycles. The van der Waals surface area contributed by atoms with Crippen LogP contribution in [0.15, 0.2) is 16.6 Å². The van der Waals surface area contributed by atoms with E-state index in [9.17, 15) is 0 Å². The highest BCUT2D eigenvalue weighted by Gasteiger charge is 2.12. The Labute approximate surface area is 99.1 Å². The second-order valence-corrected chi connectivity index (χ2v) is 4.44. The molecule has 0 aliphatic carbocycles. The summed E-state index contributed by atoms with van der Waals surface area (Å²) < 4.78 is 11.6. The Balaban J connectivity index is 3.18. The number of benzene rings is 1. The van der Waals surface area contributed by atoms with Crippen molar-refractivity contribution in [1.29, 1.82) is 0 Å². The second kappa shape index (κ2) is 5.37. The fraction of sp³-hybridized carbons (Fsp3) is 0.455. The normalized spacial score (nSPS) is 10.5. The molecule has 15 heavy (non-hydrogen) atoms. The van der Waals surface area contributed by atoms with Crippen LogP contribution >= 0.6 is 15.9 Å². The van der Waals surface area contributed by atoms with E-state index in [2.05, 4.69) is 20.8 Å². The van der Waals surface area contributed by atoms with Crippen LogP contribution in [0.4, 0.5) is 0 Å². The molecule has 0 aliphatic rings. The fourth-order valence-corrected chi connectivity index (χ4v) is 1.84. The van der Waals surface area contributed by atoms with Crippen LogP contribution in [0.25, 0.3) is 0 Å². The lowest BCUT2D eigenvalue weighted by Crippen LogP contribution is -2.12. The molecule has 0 atom stereocenters. The zero-order valence-corrected chi connectivity index (χ0v) is 11.1. The molecule has 4 heteroatoms. The van der Waals surface area contributed by atoms with Crippen LogP contribution in [0.2, 0.25) is 0 Å². The number of hydrogen-bond donors (Lipinski definition) is 0. The lowest BCUT2D eigenvalue weighted by atomic mass is 10.1. The first kappa shape index (κ1) is 12.3. The van der Waals surface area contributed by atoms with Crippen molar-refractivity contribution in [3.8, 4) is 11.5 Å². The third kappa shape index (κ3) is 3.11. The van der Waals surface area contributed by atoms with E-state index in [0.717, 1.165) is 28.1 Å². The molecule has 0 saturated heterocycles. The van der Waals surface area contributed by atoms with Crippen LogP contribution in [-0.2, 0) is 6.54 Å². The molecule has 1 rings (SSSR count). The summed E-state index contributed by atoms with van der Waals surface area (Å²) in [5.41, 5.74) is 1.06. The van der Waals surface area contributed by atoms with Crippen molar-refractivity contribution in [2.75, 3.05) is 28.3 Å². The molecular formula is C11H16BrNO2. The van der Waals surface area contributed by atoms with Gasteiger partial charge in [0, 0.05) is 11.0 Å². The molecule has 0 aromatic heterocycles. The maximum Gasteiger partial charge on any atom is 0.128 e. The number of nitrogens with zero attached hydrogens (tertiary/aromatic N) is 1. The van der Waals surface area contributed by atoms with Crippen molar-refractivity contribution in [3.63, 3.8) is 0 Å². The fourth-order valence-electron chi connectivity index (χ4n) is 1.42. The SMILES string of the molecule is COc1cc(Br)cc(OC)c1CN(C)C. The van der Waals surface area contributed by atoms with E-state index in [1.165, 1.54) is 0 Å². The van der Waals surface area contributed by atoms with Crippen LogP contribution in [0.1, 0.15) is 5.56 Å². The van der Waals surface area contributed by atoms with Crippen LogP contribution in [0, 0.1) is 0 Å². The summed E-state index contributed by atoms with van der Waals surface area (Å²) in [6.07, 6.45) is 0. The Bertz CT molecular complexity index is 314. The quantitative estimate of drug-likeness (QED) is 0.842. The highest BCUT2D eigenvalue weighted by molar-refractivity contribution is 9.10. The summed E-state index contributed by atoms with van der Waals surface area (Å²) >= 11 is 3.42. The minimum atomic E-state index is 0.791. The molecule has 0 spiro atoms. The molecule has 0 aliphatic heterocycles. The minimum Gasteiger partial charge on any atom is -0.496 e. The van der Waals surface area contributed by atoms with E-state index in [1.807, 2.05) is 26.2 Å². The van der Waals surface area contributed by atoms with Gasteiger partial charge in [0.05, 0.1) is 19.8 Å². The Morgan fingerprint density at radius 3 is 1.93 bits per heavy atom. The molecule has 0 unspecified atom stereocenters. The van der Waals surface area contributed by atoms with Gasteiger partial charge in [-0.15, -0.1) is 0 Å². The van der Waals surface area contributed by atoms with Gasteiger partial charge in [-0.05, 0) is 26.2 Å². The van der Waals surface area contributed by atoms with Gasteiger partial charge in [-0.3, -0.25) is 0 Å². The summed E-state index contributed by atoms with van der Waals surface area (Å²) in [6.45, 7) is 0.791. The summed E-state index contributed by atoms with van der Waals surface area (Å²) in [7, 11) is 7.36. The summed E-state index contributed by atoms with van der Waals surface area (Å²) in [5, 5.41) is 0. The van der Waals surface area contributed by atoms with Gasteiger partial charge in [0.15, 0.2) is 0 Å². The molecule has 3 nitrogen and oxygen atoms in total. The van der Waals surface area contributed by atoms with Gasteiger partial charge in [0.1, 0.15) is 11.5 Å². The number of rotatable bonds is 4. The Morgan fingerprint density at radius 1 is 1.13 bits per heavy atom. The van der Waals surface area contributed by atoms with Gasteiger partial charge >= 0.3 is 0 Å². The van der Waals surface area contributed by atoms with Crippen molar-refractivity contribution in [1.82, 2.24) is 4.90 Å². The van der Waals surface area contributed by atoms with Gasteiger partial charge in [0.2, 0.25) is 0 Å². The average Bonchev–Trinajstić information content (AvgIpc) is 2.19. The predicted molar refractivity (Wildman–Crippen MR) is 64.6 cm³/mol. The van der Waals surface area contributed by atoms with Crippen molar-refractivity contribution >= 4 is 15.9 Å². The molecule has 0 radical (unpaired) electrons. The highest BCUT2D eigenvalue weighted by atomic mass is 79.9. The van der Waals surface area contributed by atoms with Crippen LogP contribution < -0.4 is 9.47 Å². The molecule has 0 amide bonds. The summed E-state index contributed by atoms with van der Waals surface area (Å²) in [5.74, 6) is 1.69. The van der Waals surface area contributed by atoms with Gasteiger partial charge in [-0.2, -0.15) is 0 Å². The third-order valence-corrected chi connectivity index (χ3v) is 2.50. The topological polar surface area (TPSA) is 21.7 Å². The van der Waals surface area contributed by atoms with E-state index in [1.54, 1.807) is 14.2 Å². The molecule has 1 aromatic rings. The minimum absolute atomic E-state index is 0.791. The van der Waals surface area contributed by atoms with E-state index in [4.69, 9.17) is 9.47 Å². The number of halogens is 1. The molecule has 0 fully saturated rings. The summed E-state index contributed by atoms with van der Waals surface area (Å²) in [4.78, 5) is 2.08. The first-order valence-electron chi connectivity index (χ1n) is 4.63. The van der Waals surface area contributed by atoms with Crippen molar-refractivity contribution in [2.24, 2.45) is 0 Å². The van der Waals surface area contributed by atoms with Crippen molar-refractivity contribution < 1.29 is 9.47 Å². The zero-order chi connectivity index (χ0) is 11.4. The Kier molecular flexibility index (Phi) is 4.42. The number of ether oxygens (including phenoxy) is 2. The number of methoxy groups -OCH3 is 2. The number of hydrogen-bond acceptors (Lipinski definition) is 3. The average molecular weight is 274 g/mol. The molecule has 0 bridgehead atoms. The molecule has 0 saturated carbocycles. The Morgan fingerprint density at radius 2 is 1.60 bits per heavy atom. The van der Waals surface area contributed by atoms with Crippen molar-refractivity contribution in [2.45, 2.75) is 6.54 Å². The smallest absolute Gasteiger partial charge is 0.128 e. The second-order valence-electron chi connectivity index (χ2n) is 3.53. The standard InChI is InChI=1S/C11H16BrNO2/c1-13(2)7-9-10(14-3)5-8(12)6-11(9)15-4/h5-6H,7H2,1-4H3. The van der Waals surface area contributed by atoms with E-state index >= 15 is 0 Å². The van der Waals surface area contributed by atoms with Gasteiger partial charge in [-0.1, -0.05) is 15.9 Å². The van der Waals surface area contributed by atoms with Crippen LogP contribution in [0.3, 0.4) is 0 Å².